The fourth-order valence-corrected chi connectivity index (χ4v) is 1.43. The van der Waals surface area contributed by atoms with Gasteiger partial charge in [0, 0.05) is 12.3 Å². The standard InChI is InChI=1S/C14H18N2O2/c1-14(2,10-15)13(18)16-12-7-3-5-11(9-12)6-4-8-17/h3,5,7,9,17H,4,6,8H2,1-2H3,(H,16,18). The van der Waals surface area contributed by atoms with Gasteiger partial charge < -0.3 is 10.4 Å². The van der Waals surface area contributed by atoms with Gasteiger partial charge in [0.25, 0.3) is 0 Å². The summed E-state index contributed by atoms with van der Waals surface area (Å²) in [6, 6.07) is 9.41. The van der Waals surface area contributed by atoms with Crippen molar-refractivity contribution in [1.29, 1.82) is 5.26 Å². The largest absolute Gasteiger partial charge is 0.396 e. The van der Waals surface area contributed by atoms with Gasteiger partial charge in [-0.25, -0.2) is 0 Å². The Hall–Kier alpha value is -1.86. The summed E-state index contributed by atoms with van der Waals surface area (Å²) in [5, 5.41) is 20.4. The van der Waals surface area contributed by atoms with Crippen LogP contribution < -0.4 is 5.32 Å². The van der Waals surface area contributed by atoms with Crippen LogP contribution in [0.4, 0.5) is 5.69 Å². The molecule has 0 atom stereocenters. The molecule has 0 unspecified atom stereocenters. The number of aryl methyl sites for hydroxylation is 1. The van der Waals surface area contributed by atoms with Gasteiger partial charge in [0.2, 0.25) is 5.91 Å². The third kappa shape index (κ3) is 3.86. The van der Waals surface area contributed by atoms with E-state index in [1.807, 2.05) is 24.3 Å². The summed E-state index contributed by atoms with van der Waals surface area (Å²) in [5.41, 5.74) is 0.691. The lowest BCUT2D eigenvalue weighted by molar-refractivity contribution is -0.121. The number of rotatable bonds is 5. The Morgan fingerprint density at radius 1 is 1.50 bits per heavy atom. The fraction of sp³-hybridized carbons (Fsp3) is 0.429. The molecule has 0 spiro atoms. The van der Waals surface area contributed by atoms with Gasteiger partial charge in [0.05, 0.1) is 6.07 Å². The Morgan fingerprint density at radius 2 is 2.22 bits per heavy atom. The van der Waals surface area contributed by atoms with Crippen LogP contribution in [0.2, 0.25) is 0 Å². The molecular formula is C14H18N2O2. The molecule has 0 bridgehead atoms. The molecule has 96 valence electrons. The first-order chi connectivity index (χ1) is 8.49. The van der Waals surface area contributed by atoms with E-state index in [1.54, 1.807) is 19.9 Å². The first-order valence-electron chi connectivity index (χ1n) is 5.92. The molecule has 0 radical (unpaired) electrons. The smallest absolute Gasteiger partial charge is 0.244 e. The Morgan fingerprint density at radius 3 is 2.83 bits per heavy atom. The number of aliphatic hydroxyl groups is 1. The maximum Gasteiger partial charge on any atom is 0.244 e. The highest BCUT2D eigenvalue weighted by molar-refractivity contribution is 5.96. The van der Waals surface area contributed by atoms with E-state index in [0.29, 0.717) is 12.1 Å². The summed E-state index contributed by atoms with van der Waals surface area (Å²) < 4.78 is 0. The van der Waals surface area contributed by atoms with Crippen molar-refractivity contribution >= 4 is 11.6 Å². The molecule has 0 heterocycles. The summed E-state index contributed by atoms with van der Waals surface area (Å²) in [7, 11) is 0. The van der Waals surface area contributed by atoms with Crippen LogP contribution in [0.3, 0.4) is 0 Å². The van der Waals surface area contributed by atoms with E-state index in [-0.39, 0.29) is 12.5 Å². The number of carbonyl (C=O) groups excluding carboxylic acids is 1. The topological polar surface area (TPSA) is 73.1 Å². The number of amides is 1. The molecule has 1 aromatic rings. The molecule has 4 heteroatoms. The summed E-state index contributed by atoms with van der Waals surface area (Å²) in [4.78, 5) is 11.8. The second-order valence-corrected chi connectivity index (χ2v) is 4.72. The average Bonchev–Trinajstić information content (AvgIpc) is 2.36. The summed E-state index contributed by atoms with van der Waals surface area (Å²) in [5.74, 6) is -0.315. The van der Waals surface area contributed by atoms with E-state index in [1.165, 1.54) is 0 Å². The van der Waals surface area contributed by atoms with Gasteiger partial charge in [-0.15, -0.1) is 0 Å². The van der Waals surface area contributed by atoms with Crippen molar-refractivity contribution in [2.45, 2.75) is 26.7 Å². The van der Waals surface area contributed by atoms with Crippen LogP contribution in [0.5, 0.6) is 0 Å². The number of hydrogen-bond donors (Lipinski definition) is 2. The van der Waals surface area contributed by atoms with Gasteiger partial charge in [0.1, 0.15) is 5.41 Å². The Bertz CT molecular complexity index is 461. The number of nitrogens with one attached hydrogen (secondary N) is 1. The van der Waals surface area contributed by atoms with Crippen molar-refractivity contribution in [3.05, 3.63) is 29.8 Å². The van der Waals surface area contributed by atoms with Crippen molar-refractivity contribution < 1.29 is 9.90 Å². The first-order valence-corrected chi connectivity index (χ1v) is 5.92. The molecule has 18 heavy (non-hydrogen) atoms. The van der Waals surface area contributed by atoms with Gasteiger partial charge in [-0.05, 0) is 44.4 Å². The highest BCUT2D eigenvalue weighted by Gasteiger charge is 2.27. The van der Waals surface area contributed by atoms with E-state index in [0.717, 1.165) is 12.0 Å². The zero-order valence-corrected chi connectivity index (χ0v) is 10.7. The van der Waals surface area contributed by atoms with E-state index < -0.39 is 5.41 Å². The van der Waals surface area contributed by atoms with Gasteiger partial charge in [-0.2, -0.15) is 5.26 Å². The number of nitrogens with zero attached hydrogens (tertiary/aromatic N) is 1. The minimum Gasteiger partial charge on any atom is -0.396 e. The molecule has 2 N–H and O–H groups in total. The Balaban J connectivity index is 2.74. The predicted octanol–water partition coefficient (Wildman–Crippen LogP) is 2.10. The molecule has 0 aliphatic heterocycles. The highest BCUT2D eigenvalue weighted by Crippen LogP contribution is 2.18. The van der Waals surface area contributed by atoms with Crippen molar-refractivity contribution in [3.8, 4) is 6.07 Å². The molecule has 0 aliphatic rings. The summed E-state index contributed by atoms with van der Waals surface area (Å²) in [6.07, 6.45) is 1.46. The fourth-order valence-electron chi connectivity index (χ4n) is 1.43. The summed E-state index contributed by atoms with van der Waals surface area (Å²) >= 11 is 0. The molecule has 0 saturated carbocycles. The Labute approximate surface area is 107 Å². The molecule has 1 amide bonds. The normalized spacial score (nSPS) is 10.8. The van der Waals surface area contributed by atoms with E-state index >= 15 is 0 Å². The van der Waals surface area contributed by atoms with Crippen LogP contribution in [-0.2, 0) is 11.2 Å². The van der Waals surface area contributed by atoms with Crippen molar-refractivity contribution in [2.24, 2.45) is 5.41 Å². The zero-order chi connectivity index (χ0) is 13.6. The van der Waals surface area contributed by atoms with Crippen LogP contribution in [0.15, 0.2) is 24.3 Å². The lowest BCUT2D eigenvalue weighted by Gasteiger charge is -2.15. The maximum absolute atomic E-state index is 11.8. The highest BCUT2D eigenvalue weighted by atomic mass is 16.2. The minimum atomic E-state index is -1.04. The van der Waals surface area contributed by atoms with Crippen LogP contribution in [0.25, 0.3) is 0 Å². The molecule has 1 rings (SSSR count). The van der Waals surface area contributed by atoms with Crippen molar-refractivity contribution in [3.63, 3.8) is 0 Å². The van der Waals surface area contributed by atoms with Crippen molar-refractivity contribution in [2.75, 3.05) is 11.9 Å². The quantitative estimate of drug-likeness (QED) is 0.835. The van der Waals surface area contributed by atoms with Crippen LogP contribution in [0, 0.1) is 16.7 Å². The number of hydrogen-bond acceptors (Lipinski definition) is 3. The maximum atomic E-state index is 11.8. The third-order valence-electron chi connectivity index (χ3n) is 2.66. The SMILES string of the molecule is CC(C)(C#N)C(=O)Nc1cccc(CCCO)c1. The monoisotopic (exact) mass is 246 g/mol. The average molecular weight is 246 g/mol. The Kier molecular flexibility index (Phi) is 4.87. The van der Waals surface area contributed by atoms with E-state index in [4.69, 9.17) is 10.4 Å². The van der Waals surface area contributed by atoms with E-state index in [2.05, 4.69) is 5.32 Å². The van der Waals surface area contributed by atoms with Crippen LogP contribution >= 0.6 is 0 Å². The van der Waals surface area contributed by atoms with Gasteiger partial charge in [-0.1, -0.05) is 12.1 Å². The number of anilines is 1. The molecule has 0 aromatic heterocycles. The lowest BCUT2D eigenvalue weighted by atomic mass is 9.94. The molecule has 0 saturated heterocycles. The minimum absolute atomic E-state index is 0.151. The van der Waals surface area contributed by atoms with E-state index in [9.17, 15) is 4.79 Å². The van der Waals surface area contributed by atoms with Gasteiger partial charge in [0.15, 0.2) is 0 Å². The number of carbonyl (C=O) groups is 1. The number of nitriles is 1. The predicted molar refractivity (Wildman–Crippen MR) is 69.9 cm³/mol. The zero-order valence-electron chi connectivity index (χ0n) is 10.7. The molecule has 0 fully saturated rings. The molecule has 0 aliphatic carbocycles. The second kappa shape index (κ2) is 6.18. The summed E-state index contributed by atoms with van der Waals surface area (Å²) in [6.45, 7) is 3.31. The molecule has 1 aromatic carbocycles. The molecular weight excluding hydrogens is 228 g/mol. The second-order valence-electron chi connectivity index (χ2n) is 4.72. The number of aliphatic hydroxyl groups excluding tert-OH is 1. The lowest BCUT2D eigenvalue weighted by Crippen LogP contribution is -2.29. The van der Waals surface area contributed by atoms with Gasteiger partial charge in [-0.3, -0.25) is 4.79 Å². The van der Waals surface area contributed by atoms with Crippen LogP contribution in [-0.4, -0.2) is 17.6 Å². The van der Waals surface area contributed by atoms with Gasteiger partial charge >= 0.3 is 0 Å². The third-order valence-corrected chi connectivity index (χ3v) is 2.66. The first kappa shape index (κ1) is 14.2. The van der Waals surface area contributed by atoms with Crippen LogP contribution in [0.1, 0.15) is 25.8 Å². The number of benzene rings is 1. The van der Waals surface area contributed by atoms with Crippen molar-refractivity contribution in [1.82, 2.24) is 0 Å². The molecule has 4 nitrogen and oxygen atoms in total.